The Kier molecular flexibility index (Phi) is 5.40. The summed E-state index contributed by atoms with van der Waals surface area (Å²) in [4.78, 5) is 26.1. The van der Waals surface area contributed by atoms with Crippen LogP contribution in [0.3, 0.4) is 0 Å². The normalized spacial score (nSPS) is 16.6. The van der Waals surface area contributed by atoms with Gasteiger partial charge in [-0.15, -0.1) is 0 Å². The lowest BCUT2D eigenvalue weighted by molar-refractivity contribution is -0.131. The van der Waals surface area contributed by atoms with E-state index in [0.29, 0.717) is 18.8 Å². The fourth-order valence-corrected chi connectivity index (χ4v) is 3.78. The first-order chi connectivity index (χ1) is 14.2. The van der Waals surface area contributed by atoms with Crippen LogP contribution in [0.5, 0.6) is 0 Å². The van der Waals surface area contributed by atoms with Gasteiger partial charge >= 0.3 is 0 Å². The van der Waals surface area contributed by atoms with Gasteiger partial charge in [-0.05, 0) is 31.0 Å². The van der Waals surface area contributed by atoms with E-state index in [0.717, 1.165) is 40.8 Å². The number of pyridine rings is 2. The number of likely N-dealkylation sites (tertiary alicyclic amines) is 1. The van der Waals surface area contributed by atoms with Crippen LogP contribution < -0.4 is 5.32 Å². The van der Waals surface area contributed by atoms with Crippen LogP contribution in [-0.4, -0.2) is 50.0 Å². The predicted octanol–water partition coefficient (Wildman–Crippen LogP) is 2.43. The van der Waals surface area contributed by atoms with Gasteiger partial charge < -0.3 is 20.3 Å². The van der Waals surface area contributed by atoms with Gasteiger partial charge in [0, 0.05) is 42.5 Å². The monoisotopic (exact) mass is 390 g/mol. The Balaban J connectivity index is 1.68. The number of fused-ring (bicyclic) bond motifs is 1. The van der Waals surface area contributed by atoms with Crippen molar-refractivity contribution in [2.24, 2.45) is 0 Å². The summed E-state index contributed by atoms with van der Waals surface area (Å²) in [5, 5.41) is 22.8. The lowest BCUT2D eigenvalue weighted by atomic mass is 10.0. The molecule has 0 aromatic carbocycles. The van der Waals surface area contributed by atoms with Crippen molar-refractivity contribution < 1.29 is 9.90 Å². The molecule has 1 aliphatic rings. The summed E-state index contributed by atoms with van der Waals surface area (Å²) >= 11 is 0. The molecule has 4 rings (SSSR count). The van der Waals surface area contributed by atoms with E-state index in [1.807, 2.05) is 30.5 Å². The molecule has 3 aromatic heterocycles. The predicted molar refractivity (Wildman–Crippen MR) is 109 cm³/mol. The molecule has 0 spiro atoms. The van der Waals surface area contributed by atoms with E-state index >= 15 is 0 Å². The minimum absolute atomic E-state index is 0.0617. The summed E-state index contributed by atoms with van der Waals surface area (Å²) in [6.45, 7) is 1.11. The van der Waals surface area contributed by atoms with Gasteiger partial charge in [-0.25, -0.2) is 4.98 Å². The van der Waals surface area contributed by atoms with Gasteiger partial charge in [-0.2, -0.15) is 5.26 Å². The molecule has 8 nitrogen and oxygen atoms in total. The van der Waals surface area contributed by atoms with Crippen molar-refractivity contribution in [1.82, 2.24) is 19.9 Å². The molecule has 1 amide bonds. The van der Waals surface area contributed by atoms with E-state index in [1.54, 1.807) is 17.2 Å². The zero-order valence-corrected chi connectivity index (χ0v) is 15.9. The standard InChI is InChI=1S/C21H22N6O2/c22-8-6-19(29)27-10-2-4-14(12-27)26-20-16-7-9-23-21(16)24-11-17(20)18-5-1-3-15(13-28)25-18/h1,3,5,7,9,11,14,28H,2,4,6,10,12-13H2,(H2,23,24,26)/t14-/m1/s1. The second-order valence-corrected chi connectivity index (χ2v) is 7.12. The molecule has 0 bridgehead atoms. The maximum absolute atomic E-state index is 12.2. The summed E-state index contributed by atoms with van der Waals surface area (Å²) in [6, 6.07) is 9.50. The number of aromatic nitrogens is 3. The summed E-state index contributed by atoms with van der Waals surface area (Å²) in [6.07, 6.45) is 5.32. The zero-order valence-electron chi connectivity index (χ0n) is 15.9. The van der Waals surface area contributed by atoms with Crippen molar-refractivity contribution in [3.63, 3.8) is 0 Å². The molecular formula is C21H22N6O2. The molecule has 0 saturated carbocycles. The molecule has 1 aliphatic heterocycles. The molecule has 29 heavy (non-hydrogen) atoms. The number of carbonyl (C=O) groups is 1. The Morgan fingerprint density at radius 2 is 2.31 bits per heavy atom. The fraction of sp³-hybridized carbons (Fsp3) is 0.333. The van der Waals surface area contributed by atoms with Gasteiger partial charge in [0.15, 0.2) is 0 Å². The summed E-state index contributed by atoms with van der Waals surface area (Å²) in [5.41, 5.74) is 3.82. The van der Waals surface area contributed by atoms with E-state index in [-0.39, 0.29) is 25.0 Å². The number of hydrogen-bond donors (Lipinski definition) is 3. The number of anilines is 1. The number of aliphatic hydroxyl groups excluding tert-OH is 1. The Labute approximate surface area is 168 Å². The smallest absolute Gasteiger partial charge is 0.236 e. The van der Waals surface area contributed by atoms with Crippen LogP contribution in [0.15, 0.2) is 36.7 Å². The van der Waals surface area contributed by atoms with E-state index in [4.69, 9.17) is 5.26 Å². The first-order valence-electron chi connectivity index (χ1n) is 9.64. The first-order valence-corrected chi connectivity index (χ1v) is 9.64. The lowest BCUT2D eigenvalue weighted by Gasteiger charge is -2.34. The van der Waals surface area contributed by atoms with Crippen molar-refractivity contribution in [2.45, 2.75) is 31.9 Å². The summed E-state index contributed by atoms with van der Waals surface area (Å²) in [5.74, 6) is -0.127. The SMILES string of the molecule is N#CCC(=O)N1CCC[C@@H](Nc2c(-c3cccc(CO)n3)cnc3[nH]ccc23)C1. The fourth-order valence-electron chi connectivity index (χ4n) is 3.78. The number of aliphatic hydroxyl groups is 1. The van der Waals surface area contributed by atoms with Crippen LogP contribution in [0.4, 0.5) is 5.69 Å². The van der Waals surface area contributed by atoms with Crippen molar-refractivity contribution >= 4 is 22.6 Å². The van der Waals surface area contributed by atoms with Gasteiger partial charge in [-0.3, -0.25) is 9.78 Å². The molecule has 3 aromatic rings. The van der Waals surface area contributed by atoms with Crippen LogP contribution in [-0.2, 0) is 11.4 Å². The first kappa shape index (κ1) is 18.9. The molecule has 8 heteroatoms. The zero-order chi connectivity index (χ0) is 20.2. The van der Waals surface area contributed by atoms with E-state index in [2.05, 4.69) is 20.3 Å². The van der Waals surface area contributed by atoms with Crippen LogP contribution in [0.25, 0.3) is 22.3 Å². The molecule has 0 aliphatic carbocycles. The molecule has 148 valence electrons. The van der Waals surface area contributed by atoms with E-state index < -0.39 is 0 Å². The largest absolute Gasteiger partial charge is 0.390 e. The molecular weight excluding hydrogens is 368 g/mol. The van der Waals surface area contributed by atoms with Crippen LogP contribution in [0.1, 0.15) is 25.0 Å². The minimum Gasteiger partial charge on any atom is -0.390 e. The highest BCUT2D eigenvalue weighted by Crippen LogP contribution is 2.34. The average molecular weight is 390 g/mol. The van der Waals surface area contributed by atoms with Crippen LogP contribution >= 0.6 is 0 Å². The van der Waals surface area contributed by atoms with Crippen molar-refractivity contribution in [3.8, 4) is 17.3 Å². The number of nitrogens with zero attached hydrogens (tertiary/aromatic N) is 4. The topological polar surface area (TPSA) is 118 Å². The Bertz CT molecular complexity index is 1070. The number of aromatic amines is 1. The van der Waals surface area contributed by atoms with Crippen molar-refractivity contribution in [3.05, 3.63) is 42.4 Å². The molecule has 1 atom stereocenters. The Morgan fingerprint density at radius 3 is 3.14 bits per heavy atom. The van der Waals surface area contributed by atoms with E-state index in [9.17, 15) is 9.90 Å². The summed E-state index contributed by atoms with van der Waals surface area (Å²) in [7, 11) is 0. The highest BCUT2D eigenvalue weighted by molar-refractivity contribution is 5.97. The number of carbonyl (C=O) groups excluding carboxylic acids is 1. The highest BCUT2D eigenvalue weighted by Gasteiger charge is 2.25. The van der Waals surface area contributed by atoms with Crippen molar-refractivity contribution in [2.75, 3.05) is 18.4 Å². The maximum Gasteiger partial charge on any atom is 0.236 e. The van der Waals surface area contributed by atoms with Gasteiger partial charge in [0.1, 0.15) is 12.1 Å². The number of piperidine rings is 1. The number of H-pyrrole nitrogens is 1. The third-order valence-electron chi connectivity index (χ3n) is 5.18. The molecule has 4 heterocycles. The lowest BCUT2D eigenvalue weighted by Crippen LogP contribution is -2.45. The van der Waals surface area contributed by atoms with Gasteiger partial charge in [0.05, 0.1) is 29.8 Å². The number of hydrogen-bond acceptors (Lipinski definition) is 6. The highest BCUT2D eigenvalue weighted by atomic mass is 16.3. The number of nitrogens with one attached hydrogen (secondary N) is 2. The number of nitriles is 1. The second-order valence-electron chi connectivity index (χ2n) is 7.12. The third kappa shape index (κ3) is 3.91. The quantitative estimate of drug-likeness (QED) is 0.616. The Morgan fingerprint density at radius 1 is 1.41 bits per heavy atom. The summed E-state index contributed by atoms with van der Waals surface area (Å²) < 4.78 is 0. The van der Waals surface area contributed by atoms with Gasteiger partial charge in [-0.1, -0.05) is 6.07 Å². The molecule has 1 saturated heterocycles. The molecule has 3 N–H and O–H groups in total. The molecule has 0 unspecified atom stereocenters. The molecule has 0 radical (unpaired) electrons. The number of amides is 1. The van der Waals surface area contributed by atoms with E-state index in [1.165, 1.54) is 0 Å². The maximum atomic E-state index is 12.2. The van der Waals surface area contributed by atoms with Crippen LogP contribution in [0, 0.1) is 11.3 Å². The number of rotatable bonds is 5. The average Bonchev–Trinajstić information content (AvgIpc) is 3.24. The molecule has 1 fully saturated rings. The minimum atomic E-state index is -0.130. The van der Waals surface area contributed by atoms with Crippen molar-refractivity contribution in [1.29, 1.82) is 5.26 Å². The van der Waals surface area contributed by atoms with Gasteiger partial charge in [0.2, 0.25) is 5.91 Å². The second kappa shape index (κ2) is 8.29. The van der Waals surface area contributed by atoms with Gasteiger partial charge in [0.25, 0.3) is 0 Å². The third-order valence-corrected chi connectivity index (χ3v) is 5.18. The Hall–Kier alpha value is -3.44. The van der Waals surface area contributed by atoms with Crippen LogP contribution in [0.2, 0.25) is 0 Å².